The number of rotatable bonds is 11. The molecule has 0 aliphatic heterocycles. The van der Waals surface area contributed by atoms with E-state index in [9.17, 15) is 0 Å². The van der Waals surface area contributed by atoms with Crippen molar-refractivity contribution in [3.8, 4) is 11.5 Å². The first kappa shape index (κ1) is 29.0. The Morgan fingerprint density at radius 1 is 0.686 bits per heavy atom. The molecule has 0 aliphatic rings. The summed E-state index contributed by atoms with van der Waals surface area (Å²) in [6.07, 6.45) is 2.11. The standard InChI is InChI=1S/C30H47NO4/c1-12-13-14-31(25-17-23(29(4,5)6)15-21(2)27(25)34-19-32-10)26-18-24(30(7,8)9)16-22(3)28(26)35-20-33-11/h15-18H,12-14,19-20H2,1-11H3. The molecule has 0 bridgehead atoms. The van der Waals surface area contributed by atoms with Crippen molar-refractivity contribution in [3.63, 3.8) is 0 Å². The summed E-state index contributed by atoms with van der Waals surface area (Å²) < 4.78 is 23.0. The van der Waals surface area contributed by atoms with Crippen LogP contribution in [0.1, 0.15) is 83.6 Å². The normalized spacial score (nSPS) is 12.1. The SMILES string of the molecule is CCCCN(c1cc(C(C)(C)C)cc(C)c1OCOC)c1cc(C(C)(C)C)cc(C)c1OCOC. The Labute approximate surface area is 213 Å². The molecule has 0 saturated heterocycles. The molecular formula is C30H47NO4. The molecule has 0 unspecified atom stereocenters. The minimum Gasteiger partial charge on any atom is -0.465 e. The third-order valence-electron chi connectivity index (χ3n) is 6.20. The quantitative estimate of drug-likeness (QED) is 0.304. The van der Waals surface area contributed by atoms with Crippen LogP contribution in [0.4, 0.5) is 11.4 Å². The number of hydrogen-bond acceptors (Lipinski definition) is 5. The topological polar surface area (TPSA) is 40.2 Å². The molecule has 2 aromatic rings. The van der Waals surface area contributed by atoms with Crippen LogP contribution in [0, 0.1) is 13.8 Å². The van der Waals surface area contributed by atoms with Gasteiger partial charge in [0, 0.05) is 20.8 Å². The lowest BCUT2D eigenvalue weighted by Crippen LogP contribution is -2.24. The fourth-order valence-electron chi connectivity index (χ4n) is 4.08. The van der Waals surface area contributed by atoms with Crippen LogP contribution in [0.15, 0.2) is 24.3 Å². The maximum Gasteiger partial charge on any atom is 0.188 e. The van der Waals surface area contributed by atoms with Crippen molar-refractivity contribution in [3.05, 3.63) is 46.5 Å². The fraction of sp³-hybridized carbons (Fsp3) is 0.600. The molecule has 5 heteroatoms. The summed E-state index contributed by atoms with van der Waals surface area (Å²) in [4.78, 5) is 2.37. The Morgan fingerprint density at radius 3 is 1.40 bits per heavy atom. The Kier molecular flexibility index (Phi) is 10.1. The lowest BCUT2D eigenvalue weighted by Gasteiger charge is -2.33. The van der Waals surface area contributed by atoms with E-state index in [-0.39, 0.29) is 24.4 Å². The van der Waals surface area contributed by atoms with Gasteiger partial charge < -0.3 is 23.8 Å². The van der Waals surface area contributed by atoms with Crippen molar-refractivity contribution in [1.29, 1.82) is 0 Å². The largest absolute Gasteiger partial charge is 0.465 e. The summed E-state index contributed by atoms with van der Waals surface area (Å²) in [7, 11) is 3.31. The zero-order chi connectivity index (χ0) is 26.4. The second-order valence-electron chi connectivity index (χ2n) is 11.4. The Balaban J connectivity index is 2.89. The molecule has 196 valence electrons. The van der Waals surface area contributed by atoms with E-state index >= 15 is 0 Å². The number of benzene rings is 2. The van der Waals surface area contributed by atoms with Crippen LogP contribution in [0.3, 0.4) is 0 Å². The van der Waals surface area contributed by atoms with Crippen molar-refractivity contribution in [2.24, 2.45) is 0 Å². The van der Waals surface area contributed by atoms with Crippen LogP contribution in [0.25, 0.3) is 0 Å². The number of hydrogen-bond donors (Lipinski definition) is 0. The van der Waals surface area contributed by atoms with E-state index in [1.165, 1.54) is 11.1 Å². The van der Waals surface area contributed by atoms with E-state index in [2.05, 4.69) is 91.5 Å². The highest BCUT2D eigenvalue weighted by molar-refractivity contribution is 5.77. The first-order chi connectivity index (χ1) is 16.3. The minimum absolute atomic E-state index is 0.00568. The predicted octanol–water partition coefficient (Wildman–Crippen LogP) is 7.80. The van der Waals surface area contributed by atoms with Crippen molar-refractivity contribution in [2.45, 2.75) is 86.0 Å². The Morgan fingerprint density at radius 2 is 1.09 bits per heavy atom. The number of methoxy groups -OCH3 is 2. The molecule has 35 heavy (non-hydrogen) atoms. The molecule has 0 aromatic heterocycles. The molecule has 0 N–H and O–H groups in total. The molecule has 0 amide bonds. The average molecular weight is 486 g/mol. The Bertz CT molecular complexity index is 894. The van der Waals surface area contributed by atoms with Gasteiger partial charge in [-0.2, -0.15) is 0 Å². The molecule has 0 spiro atoms. The first-order valence-corrected chi connectivity index (χ1v) is 12.7. The van der Waals surface area contributed by atoms with Crippen LogP contribution in [-0.2, 0) is 20.3 Å². The number of nitrogens with zero attached hydrogens (tertiary/aromatic N) is 1. The van der Waals surface area contributed by atoms with Gasteiger partial charge in [-0.25, -0.2) is 0 Å². The molecule has 0 fully saturated rings. The molecular weight excluding hydrogens is 438 g/mol. The first-order valence-electron chi connectivity index (χ1n) is 12.7. The van der Waals surface area contributed by atoms with Gasteiger partial charge in [-0.3, -0.25) is 0 Å². The van der Waals surface area contributed by atoms with Crippen LogP contribution >= 0.6 is 0 Å². The van der Waals surface area contributed by atoms with Crippen molar-refractivity contribution >= 4 is 11.4 Å². The smallest absolute Gasteiger partial charge is 0.188 e. The molecule has 2 rings (SSSR count). The zero-order valence-electron chi connectivity index (χ0n) is 23.9. The molecule has 0 aliphatic carbocycles. The highest BCUT2D eigenvalue weighted by atomic mass is 16.7. The fourth-order valence-corrected chi connectivity index (χ4v) is 4.08. The third-order valence-corrected chi connectivity index (χ3v) is 6.20. The second-order valence-corrected chi connectivity index (χ2v) is 11.4. The molecule has 5 nitrogen and oxygen atoms in total. The van der Waals surface area contributed by atoms with E-state index in [1.54, 1.807) is 14.2 Å². The molecule has 2 aromatic carbocycles. The number of aryl methyl sites for hydroxylation is 2. The van der Waals surface area contributed by atoms with E-state index in [1.807, 2.05) is 0 Å². The van der Waals surface area contributed by atoms with Gasteiger partial charge in [-0.1, -0.05) is 67.0 Å². The average Bonchev–Trinajstić information content (AvgIpc) is 2.76. The lowest BCUT2D eigenvalue weighted by atomic mass is 9.84. The van der Waals surface area contributed by atoms with Gasteiger partial charge in [0.2, 0.25) is 0 Å². The summed E-state index contributed by atoms with van der Waals surface area (Å²) in [5, 5.41) is 0. The summed E-state index contributed by atoms with van der Waals surface area (Å²) in [6.45, 7) is 21.1. The number of unbranched alkanes of at least 4 members (excludes halogenated alkanes) is 1. The summed E-state index contributed by atoms with van der Waals surface area (Å²) in [5.74, 6) is 1.68. The predicted molar refractivity (Wildman–Crippen MR) is 147 cm³/mol. The van der Waals surface area contributed by atoms with Gasteiger partial charge in [0.1, 0.15) is 11.5 Å². The van der Waals surface area contributed by atoms with Gasteiger partial charge in [-0.15, -0.1) is 0 Å². The molecule has 0 heterocycles. The van der Waals surface area contributed by atoms with E-state index in [0.717, 1.165) is 53.4 Å². The second kappa shape index (κ2) is 12.1. The van der Waals surface area contributed by atoms with Crippen molar-refractivity contribution < 1.29 is 18.9 Å². The van der Waals surface area contributed by atoms with E-state index in [4.69, 9.17) is 18.9 Å². The lowest BCUT2D eigenvalue weighted by molar-refractivity contribution is 0.0505. The van der Waals surface area contributed by atoms with Gasteiger partial charge in [0.05, 0.1) is 11.4 Å². The highest BCUT2D eigenvalue weighted by Crippen LogP contribution is 2.45. The molecule has 0 atom stereocenters. The monoisotopic (exact) mass is 485 g/mol. The molecule has 0 radical (unpaired) electrons. The summed E-state index contributed by atoms with van der Waals surface area (Å²) in [5.41, 5.74) is 6.77. The minimum atomic E-state index is -0.00568. The summed E-state index contributed by atoms with van der Waals surface area (Å²) >= 11 is 0. The van der Waals surface area contributed by atoms with Gasteiger partial charge in [0.15, 0.2) is 13.6 Å². The van der Waals surface area contributed by atoms with E-state index < -0.39 is 0 Å². The van der Waals surface area contributed by atoms with Gasteiger partial charge >= 0.3 is 0 Å². The summed E-state index contributed by atoms with van der Waals surface area (Å²) in [6, 6.07) is 9.00. The number of anilines is 2. The van der Waals surface area contributed by atoms with Crippen LogP contribution in [-0.4, -0.2) is 34.4 Å². The van der Waals surface area contributed by atoms with Crippen LogP contribution < -0.4 is 14.4 Å². The molecule has 0 saturated carbocycles. The maximum absolute atomic E-state index is 6.19. The van der Waals surface area contributed by atoms with Crippen molar-refractivity contribution in [1.82, 2.24) is 0 Å². The Hall–Kier alpha value is -2.24. The van der Waals surface area contributed by atoms with Crippen LogP contribution in [0.2, 0.25) is 0 Å². The zero-order valence-corrected chi connectivity index (χ0v) is 23.9. The van der Waals surface area contributed by atoms with Gasteiger partial charge in [-0.05, 0) is 65.5 Å². The van der Waals surface area contributed by atoms with Crippen molar-refractivity contribution in [2.75, 3.05) is 39.3 Å². The van der Waals surface area contributed by atoms with E-state index in [0.29, 0.717) is 0 Å². The van der Waals surface area contributed by atoms with Gasteiger partial charge in [0.25, 0.3) is 0 Å². The third kappa shape index (κ3) is 7.37. The highest BCUT2D eigenvalue weighted by Gasteiger charge is 2.27. The number of ether oxygens (including phenoxy) is 4. The van der Waals surface area contributed by atoms with Crippen LogP contribution in [0.5, 0.6) is 11.5 Å². The maximum atomic E-state index is 6.19.